The number of aromatic carboxylic acids is 1. The van der Waals surface area contributed by atoms with E-state index in [4.69, 9.17) is 17.3 Å². The van der Waals surface area contributed by atoms with Crippen LogP contribution >= 0.6 is 24.0 Å². The molecule has 2 aromatic carbocycles. The van der Waals surface area contributed by atoms with E-state index in [2.05, 4.69) is 0 Å². The second-order valence-electron chi connectivity index (χ2n) is 5.56. The van der Waals surface area contributed by atoms with Crippen LogP contribution in [0, 0.1) is 0 Å². The van der Waals surface area contributed by atoms with Gasteiger partial charge in [0.1, 0.15) is 0 Å². The van der Waals surface area contributed by atoms with Crippen molar-refractivity contribution in [3.8, 4) is 0 Å². The maximum absolute atomic E-state index is 12.9. The van der Waals surface area contributed by atoms with Gasteiger partial charge in [-0.15, -0.1) is 0 Å². The summed E-state index contributed by atoms with van der Waals surface area (Å²) in [4.78, 5) is 25.0. The number of carboxylic acids is 1. The van der Waals surface area contributed by atoms with E-state index in [-0.39, 0.29) is 16.2 Å². The van der Waals surface area contributed by atoms with Crippen LogP contribution in [0.25, 0.3) is 6.08 Å². The van der Waals surface area contributed by atoms with Crippen molar-refractivity contribution in [2.45, 2.75) is 6.18 Å². The molecule has 0 aliphatic heterocycles. The van der Waals surface area contributed by atoms with Crippen molar-refractivity contribution < 1.29 is 27.9 Å². The topological polar surface area (TPSA) is 57.6 Å². The lowest BCUT2D eigenvalue weighted by molar-refractivity contribution is -0.137. The minimum atomic E-state index is -4.52. The second-order valence-corrected chi connectivity index (χ2v) is 7.01. The molecule has 1 N–H and O–H groups in total. The maximum atomic E-state index is 12.9. The zero-order valence-electron chi connectivity index (χ0n) is 14.4. The summed E-state index contributed by atoms with van der Waals surface area (Å²) in [5.41, 5.74) is -0.137. The molecule has 0 saturated carbocycles. The first-order chi connectivity index (χ1) is 13.1. The summed E-state index contributed by atoms with van der Waals surface area (Å²) in [6.07, 6.45) is -3.03. The van der Waals surface area contributed by atoms with Crippen molar-refractivity contribution in [1.29, 1.82) is 0 Å². The number of anilines is 1. The Labute approximate surface area is 168 Å². The van der Waals surface area contributed by atoms with Gasteiger partial charge in [-0.2, -0.15) is 13.2 Å². The van der Waals surface area contributed by atoms with Gasteiger partial charge in [0.2, 0.25) is 0 Å². The number of nitrogens with zero attached hydrogens (tertiary/aromatic N) is 1. The van der Waals surface area contributed by atoms with Crippen molar-refractivity contribution >= 4 is 52.3 Å². The third-order valence-electron chi connectivity index (χ3n) is 3.71. The highest BCUT2D eigenvalue weighted by Gasteiger charge is 2.31. The van der Waals surface area contributed by atoms with Crippen molar-refractivity contribution in [2.75, 3.05) is 11.9 Å². The van der Waals surface area contributed by atoms with Gasteiger partial charge in [-0.25, -0.2) is 4.79 Å². The van der Waals surface area contributed by atoms with Gasteiger partial charge in [-0.1, -0.05) is 42.2 Å². The van der Waals surface area contributed by atoms with E-state index in [1.165, 1.54) is 54.2 Å². The van der Waals surface area contributed by atoms with Gasteiger partial charge in [-0.3, -0.25) is 4.79 Å². The van der Waals surface area contributed by atoms with Gasteiger partial charge in [0, 0.05) is 17.4 Å². The molecular weight excluding hydrogens is 411 g/mol. The summed E-state index contributed by atoms with van der Waals surface area (Å²) in [7, 11) is 1.36. The number of alkyl halides is 3. The van der Waals surface area contributed by atoms with E-state index in [0.717, 1.165) is 28.8 Å². The van der Waals surface area contributed by atoms with Gasteiger partial charge in [0.15, 0.2) is 0 Å². The van der Waals surface area contributed by atoms with Crippen LogP contribution in [0.4, 0.5) is 18.9 Å². The molecule has 0 heterocycles. The molecule has 0 saturated heterocycles. The molecule has 0 atom stereocenters. The Balaban J connectivity index is 2.33. The highest BCUT2D eigenvalue weighted by atomic mass is 32.2. The highest BCUT2D eigenvalue weighted by Crippen LogP contribution is 2.32. The first kappa shape index (κ1) is 21.6. The summed E-state index contributed by atoms with van der Waals surface area (Å²) in [6.45, 7) is 0. The van der Waals surface area contributed by atoms with E-state index in [0.29, 0.717) is 5.56 Å². The van der Waals surface area contributed by atoms with Crippen LogP contribution < -0.4 is 4.90 Å². The van der Waals surface area contributed by atoms with Crippen LogP contribution in [0.2, 0.25) is 0 Å². The molecule has 4 nitrogen and oxygen atoms in total. The fourth-order valence-corrected chi connectivity index (χ4v) is 3.10. The monoisotopic (exact) mass is 425 g/mol. The van der Waals surface area contributed by atoms with Crippen LogP contribution in [0.3, 0.4) is 0 Å². The molecule has 2 aromatic rings. The van der Waals surface area contributed by atoms with Crippen LogP contribution in [0.5, 0.6) is 0 Å². The van der Waals surface area contributed by atoms with Gasteiger partial charge in [-0.05, 0) is 42.0 Å². The number of thiocarbonyl (C=S) groups is 1. The van der Waals surface area contributed by atoms with Crippen LogP contribution in [0.1, 0.15) is 21.5 Å². The van der Waals surface area contributed by atoms with Gasteiger partial charge < -0.3 is 10.0 Å². The van der Waals surface area contributed by atoms with Crippen molar-refractivity contribution in [3.05, 3.63) is 70.1 Å². The predicted octanol–water partition coefficient (Wildman–Crippen LogP) is 5.10. The molecule has 28 heavy (non-hydrogen) atoms. The predicted molar refractivity (Wildman–Crippen MR) is 107 cm³/mol. The Morgan fingerprint density at radius 2 is 1.79 bits per heavy atom. The summed E-state index contributed by atoms with van der Waals surface area (Å²) >= 11 is 5.74. The Morgan fingerprint density at radius 1 is 1.14 bits per heavy atom. The average molecular weight is 425 g/mol. The lowest BCUT2D eigenvalue weighted by atomic mass is 10.1. The summed E-state index contributed by atoms with van der Waals surface area (Å²) in [5.74, 6) is -1.63. The molecule has 0 aliphatic rings. The summed E-state index contributed by atoms with van der Waals surface area (Å²) < 4.78 is 40.0. The molecule has 1 amide bonds. The van der Waals surface area contributed by atoms with E-state index >= 15 is 0 Å². The number of carboxylic acid groups (broad SMARTS) is 1. The van der Waals surface area contributed by atoms with Gasteiger partial charge in [0.25, 0.3) is 5.91 Å². The number of rotatable bonds is 6. The van der Waals surface area contributed by atoms with Gasteiger partial charge >= 0.3 is 12.1 Å². The van der Waals surface area contributed by atoms with Crippen LogP contribution in [0.15, 0.2) is 53.4 Å². The highest BCUT2D eigenvalue weighted by molar-refractivity contribution is 8.24. The number of carbonyl (C=O) groups excluding carboxylic acids is 1. The Hall–Kier alpha value is -2.65. The standard InChI is InChI=1S/C19H14F3NO3S2/c1-23(15-4-2-3-14(10-15)19(20,21)22)17(24)16(28-11-27)9-12-5-7-13(8-6-12)18(25)26/h2-11H,1H3,(H,25,26)/b16-9-. The van der Waals surface area contributed by atoms with E-state index < -0.39 is 23.6 Å². The molecule has 0 radical (unpaired) electrons. The van der Waals surface area contributed by atoms with Crippen LogP contribution in [-0.2, 0) is 11.0 Å². The molecule has 0 unspecified atom stereocenters. The molecule has 9 heteroatoms. The second kappa shape index (κ2) is 9.03. The fraction of sp³-hybridized carbons (Fsp3) is 0.105. The third-order valence-corrected chi connectivity index (χ3v) is 4.64. The van der Waals surface area contributed by atoms with Crippen molar-refractivity contribution in [1.82, 2.24) is 0 Å². The number of hydrogen-bond donors (Lipinski definition) is 1. The van der Waals surface area contributed by atoms with Crippen molar-refractivity contribution in [3.63, 3.8) is 0 Å². The summed E-state index contributed by atoms with van der Waals surface area (Å²) in [5, 5.41) is 8.93. The van der Waals surface area contributed by atoms with E-state index in [1.807, 2.05) is 0 Å². The lowest BCUT2D eigenvalue weighted by Gasteiger charge is -2.19. The molecule has 0 aliphatic carbocycles. The number of benzene rings is 2. The molecule has 0 fully saturated rings. The lowest BCUT2D eigenvalue weighted by Crippen LogP contribution is -2.27. The normalized spacial score (nSPS) is 11.8. The van der Waals surface area contributed by atoms with Crippen LogP contribution in [-0.4, -0.2) is 28.7 Å². The smallest absolute Gasteiger partial charge is 0.416 e. The minimum Gasteiger partial charge on any atom is -0.478 e. The first-order valence-corrected chi connectivity index (χ1v) is 9.09. The van der Waals surface area contributed by atoms with E-state index in [1.54, 1.807) is 0 Å². The first-order valence-electron chi connectivity index (χ1n) is 7.74. The number of halogens is 3. The molecule has 0 bridgehead atoms. The number of carbonyl (C=O) groups is 2. The average Bonchev–Trinajstić information content (AvgIpc) is 2.66. The van der Waals surface area contributed by atoms with Gasteiger partial charge in [0.05, 0.1) is 16.0 Å². The van der Waals surface area contributed by atoms with Crippen molar-refractivity contribution in [2.24, 2.45) is 0 Å². The molecule has 2 rings (SSSR count). The van der Waals surface area contributed by atoms with E-state index in [9.17, 15) is 22.8 Å². The fourth-order valence-electron chi connectivity index (χ4n) is 2.24. The zero-order chi connectivity index (χ0) is 20.9. The Bertz CT molecular complexity index is 925. The number of amides is 1. The molecular formula is C19H14F3NO3S2. The Morgan fingerprint density at radius 3 is 2.32 bits per heavy atom. The minimum absolute atomic E-state index is 0.0805. The quantitative estimate of drug-likeness (QED) is 0.516. The number of likely N-dealkylation sites (N-methyl/N-ethyl adjacent to an activating group) is 1. The molecule has 146 valence electrons. The largest absolute Gasteiger partial charge is 0.478 e. The Kier molecular flexibility index (Phi) is 6.98. The molecule has 0 spiro atoms. The summed E-state index contributed by atoms with van der Waals surface area (Å²) in [6, 6.07) is 10.2. The SMILES string of the molecule is CN(C(=O)/C(=C/c1ccc(C(=O)O)cc1)SC=S)c1cccc(C(F)(F)F)c1. The zero-order valence-corrected chi connectivity index (χ0v) is 16.1. The maximum Gasteiger partial charge on any atom is 0.416 e. The molecule has 0 aromatic heterocycles. The number of thioether (sulfide) groups is 1. The number of hydrogen-bond acceptors (Lipinski definition) is 4. The third kappa shape index (κ3) is 5.43.